The van der Waals surface area contributed by atoms with Crippen molar-refractivity contribution in [2.24, 2.45) is 0 Å². The molecule has 0 bridgehead atoms. The van der Waals surface area contributed by atoms with Crippen LogP contribution in [0.25, 0.3) is 0 Å². The number of unbranched alkanes of at least 4 members (excludes halogenated alkanes) is 1. The Labute approximate surface area is 106 Å². The summed E-state index contributed by atoms with van der Waals surface area (Å²) >= 11 is 0. The molecule has 5 nitrogen and oxygen atoms in total. The number of halogens is 3. The average Bonchev–Trinajstić information content (AvgIpc) is 2.33. The molecule has 0 saturated carbocycles. The van der Waals surface area contributed by atoms with Crippen molar-refractivity contribution in [3.8, 4) is 0 Å². The number of aromatic amines is 1. The van der Waals surface area contributed by atoms with E-state index in [1.54, 1.807) is 4.98 Å². The summed E-state index contributed by atoms with van der Waals surface area (Å²) in [6.45, 7) is 0.219. The van der Waals surface area contributed by atoms with Crippen LogP contribution in [0, 0.1) is 0 Å². The van der Waals surface area contributed by atoms with Gasteiger partial charge in [-0.2, -0.15) is 13.2 Å². The molecular formula is C11H13F3N2O3. The van der Waals surface area contributed by atoms with Crippen molar-refractivity contribution in [2.45, 2.75) is 19.0 Å². The van der Waals surface area contributed by atoms with Gasteiger partial charge in [-0.1, -0.05) is 0 Å². The molecule has 0 saturated heterocycles. The van der Waals surface area contributed by atoms with Crippen LogP contribution in [0.3, 0.4) is 0 Å². The lowest BCUT2D eigenvalue weighted by Crippen LogP contribution is -2.31. The van der Waals surface area contributed by atoms with E-state index in [0.29, 0.717) is 18.9 Å². The fraction of sp³-hybridized carbons (Fsp3) is 0.455. The van der Waals surface area contributed by atoms with Gasteiger partial charge in [0.25, 0.3) is 11.5 Å². The van der Waals surface area contributed by atoms with Crippen LogP contribution in [0.15, 0.2) is 16.9 Å². The molecular weight excluding hydrogens is 265 g/mol. The highest BCUT2D eigenvalue weighted by Gasteiger charge is 2.32. The van der Waals surface area contributed by atoms with Crippen molar-refractivity contribution >= 4 is 5.91 Å². The maximum atomic E-state index is 12.3. The molecule has 0 aliphatic heterocycles. The van der Waals surface area contributed by atoms with Gasteiger partial charge in [0.15, 0.2) is 0 Å². The Morgan fingerprint density at radius 1 is 1.32 bits per heavy atom. The predicted molar refractivity (Wildman–Crippen MR) is 60.7 cm³/mol. The Balaban J connectivity index is 2.74. The molecule has 0 fully saturated rings. The van der Waals surface area contributed by atoms with Crippen molar-refractivity contribution in [1.29, 1.82) is 0 Å². The molecule has 0 aliphatic carbocycles. The van der Waals surface area contributed by atoms with Gasteiger partial charge in [0.1, 0.15) is 11.3 Å². The molecule has 8 heteroatoms. The van der Waals surface area contributed by atoms with Crippen LogP contribution in [0.2, 0.25) is 0 Å². The first-order chi connectivity index (χ1) is 8.86. The molecule has 0 aromatic carbocycles. The number of hydrogen-bond acceptors (Lipinski definition) is 3. The zero-order chi connectivity index (χ0) is 14.5. The van der Waals surface area contributed by atoms with E-state index in [0.717, 1.165) is 6.07 Å². The maximum absolute atomic E-state index is 12.3. The van der Waals surface area contributed by atoms with E-state index in [1.807, 2.05) is 0 Å². The lowest BCUT2D eigenvalue weighted by molar-refractivity contribution is -0.141. The molecule has 0 radical (unpaired) electrons. The van der Waals surface area contributed by atoms with Gasteiger partial charge in [0, 0.05) is 13.2 Å². The molecule has 0 aliphatic rings. The maximum Gasteiger partial charge on any atom is 0.431 e. The van der Waals surface area contributed by atoms with E-state index in [2.05, 4.69) is 5.32 Å². The number of hydrogen-bond donors (Lipinski definition) is 3. The topological polar surface area (TPSA) is 82.2 Å². The van der Waals surface area contributed by atoms with Gasteiger partial charge in [-0.25, -0.2) is 0 Å². The van der Waals surface area contributed by atoms with E-state index in [-0.39, 0.29) is 18.7 Å². The summed E-state index contributed by atoms with van der Waals surface area (Å²) < 4.78 is 36.9. The molecule has 0 atom stereocenters. The number of nitrogens with one attached hydrogen (secondary N) is 2. The van der Waals surface area contributed by atoms with Gasteiger partial charge in [-0.15, -0.1) is 0 Å². The zero-order valence-electron chi connectivity index (χ0n) is 9.88. The van der Waals surface area contributed by atoms with Gasteiger partial charge in [-0.05, 0) is 25.0 Å². The summed E-state index contributed by atoms with van der Waals surface area (Å²) in [5.41, 5.74) is -2.67. The first kappa shape index (κ1) is 15.2. The number of H-pyrrole nitrogens is 1. The number of amides is 1. The number of aliphatic hydroxyl groups is 1. The summed E-state index contributed by atoms with van der Waals surface area (Å²) in [6.07, 6.45) is -3.65. The number of carbonyl (C=O) groups is 1. The number of aliphatic hydroxyl groups excluding tert-OH is 1. The minimum atomic E-state index is -4.66. The fourth-order valence-electron chi connectivity index (χ4n) is 1.35. The van der Waals surface area contributed by atoms with Crippen LogP contribution in [0.4, 0.5) is 13.2 Å². The number of pyridine rings is 1. The van der Waals surface area contributed by atoms with Gasteiger partial charge < -0.3 is 15.4 Å². The predicted octanol–water partition coefficient (Wildman–Crippen LogP) is 0.896. The molecule has 0 spiro atoms. The smallest absolute Gasteiger partial charge is 0.396 e. The SMILES string of the molecule is O=C(NCCCCO)c1ccc(C(F)(F)F)[nH]c1=O. The van der Waals surface area contributed by atoms with E-state index in [1.165, 1.54) is 0 Å². The molecule has 19 heavy (non-hydrogen) atoms. The summed E-state index contributed by atoms with van der Waals surface area (Å²) in [6, 6.07) is 1.48. The highest BCUT2D eigenvalue weighted by atomic mass is 19.4. The Morgan fingerprint density at radius 2 is 2.00 bits per heavy atom. The molecule has 106 valence electrons. The van der Waals surface area contributed by atoms with Crippen LogP contribution in [-0.4, -0.2) is 29.1 Å². The first-order valence-electron chi connectivity index (χ1n) is 5.56. The minimum absolute atomic E-state index is 0.0171. The Bertz CT molecular complexity index is 497. The quantitative estimate of drug-likeness (QED) is 0.700. The van der Waals surface area contributed by atoms with Crippen molar-refractivity contribution in [3.05, 3.63) is 33.7 Å². The van der Waals surface area contributed by atoms with E-state index < -0.39 is 23.3 Å². The normalized spacial score (nSPS) is 11.4. The molecule has 1 amide bonds. The Kier molecular flexibility index (Phi) is 5.11. The lowest BCUT2D eigenvalue weighted by Gasteiger charge is -2.07. The third-order valence-electron chi connectivity index (χ3n) is 2.33. The minimum Gasteiger partial charge on any atom is -0.396 e. The average molecular weight is 278 g/mol. The van der Waals surface area contributed by atoms with Crippen LogP contribution in [-0.2, 0) is 6.18 Å². The van der Waals surface area contributed by atoms with Crippen LogP contribution in [0.5, 0.6) is 0 Å². The first-order valence-corrected chi connectivity index (χ1v) is 5.56. The van der Waals surface area contributed by atoms with Gasteiger partial charge in [0.05, 0.1) is 0 Å². The third kappa shape index (κ3) is 4.40. The van der Waals surface area contributed by atoms with Crippen molar-refractivity contribution < 1.29 is 23.1 Å². The Morgan fingerprint density at radius 3 is 2.53 bits per heavy atom. The Hall–Kier alpha value is -1.83. The fourth-order valence-corrected chi connectivity index (χ4v) is 1.35. The summed E-state index contributed by atoms with van der Waals surface area (Å²) in [5, 5.41) is 10.9. The van der Waals surface area contributed by atoms with E-state index in [9.17, 15) is 22.8 Å². The van der Waals surface area contributed by atoms with Gasteiger partial charge in [0.2, 0.25) is 0 Å². The van der Waals surface area contributed by atoms with Gasteiger partial charge in [-0.3, -0.25) is 9.59 Å². The van der Waals surface area contributed by atoms with Crippen LogP contribution >= 0.6 is 0 Å². The van der Waals surface area contributed by atoms with Gasteiger partial charge >= 0.3 is 6.18 Å². The number of carbonyl (C=O) groups excluding carboxylic acids is 1. The molecule has 1 heterocycles. The third-order valence-corrected chi connectivity index (χ3v) is 2.33. The highest BCUT2D eigenvalue weighted by molar-refractivity contribution is 5.93. The van der Waals surface area contributed by atoms with Crippen molar-refractivity contribution in [2.75, 3.05) is 13.2 Å². The van der Waals surface area contributed by atoms with Crippen molar-refractivity contribution in [1.82, 2.24) is 10.3 Å². The summed E-state index contributed by atoms with van der Waals surface area (Å²) in [4.78, 5) is 24.5. The van der Waals surface area contributed by atoms with E-state index >= 15 is 0 Å². The number of rotatable bonds is 5. The van der Waals surface area contributed by atoms with Crippen LogP contribution < -0.4 is 10.9 Å². The summed E-state index contributed by atoms with van der Waals surface area (Å²) in [7, 11) is 0. The second kappa shape index (κ2) is 6.37. The molecule has 1 rings (SSSR count). The molecule has 3 N–H and O–H groups in total. The molecule has 1 aromatic rings. The number of alkyl halides is 3. The van der Waals surface area contributed by atoms with E-state index in [4.69, 9.17) is 5.11 Å². The second-order valence-electron chi connectivity index (χ2n) is 3.80. The zero-order valence-corrected chi connectivity index (χ0v) is 9.88. The molecule has 0 unspecified atom stereocenters. The molecule has 1 aromatic heterocycles. The number of aromatic nitrogens is 1. The summed E-state index contributed by atoms with van der Waals surface area (Å²) in [5.74, 6) is -0.743. The standard InChI is InChI=1S/C11H13F3N2O3/c12-11(13,14)8-4-3-7(10(19)16-8)9(18)15-5-1-2-6-17/h3-4,17H,1-2,5-6H2,(H,15,18)(H,16,19). The highest BCUT2D eigenvalue weighted by Crippen LogP contribution is 2.26. The van der Waals surface area contributed by atoms with Crippen molar-refractivity contribution in [3.63, 3.8) is 0 Å². The largest absolute Gasteiger partial charge is 0.431 e. The second-order valence-corrected chi connectivity index (χ2v) is 3.80. The monoisotopic (exact) mass is 278 g/mol. The van der Waals surface area contributed by atoms with Crippen LogP contribution in [0.1, 0.15) is 28.9 Å². The lowest BCUT2D eigenvalue weighted by atomic mass is 10.2.